The highest BCUT2D eigenvalue weighted by Gasteiger charge is 2.27. The highest BCUT2D eigenvalue weighted by Crippen LogP contribution is 2.37. The summed E-state index contributed by atoms with van der Waals surface area (Å²) < 4.78 is 14.3. The molecule has 1 aliphatic heterocycles. The Morgan fingerprint density at radius 3 is 2.70 bits per heavy atom. The fraction of sp³-hybridized carbons (Fsp3) is 0.467. The summed E-state index contributed by atoms with van der Waals surface area (Å²) in [6.45, 7) is 7.32. The van der Waals surface area contributed by atoms with Gasteiger partial charge in [-0.2, -0.15) is 0 Å². The van der Waals surface area contributed by atoms with Crippen LogP contribution in [0.2, 0.25) is 10.0 Å². The molecule has 2 rings (SSSR count). The average molecular weight is 317 g/mol. The number of nitrogens with zero attached hydrogens (tertiary/aromatic N) is 1. The van der Waals surface area contributed by atoms with Crippen molar-refractivity contribution in [2.24, 2.45) is 0 Å². The van der Waals surface area contributed by atoms with Crippen molar-refractivity contribution in [2.75, 3.05) is 26.2 Å². The van der Waals surface area contributed by atoms with Gasteiger partial charge in [-0.15, -0.1) is 6.58 Å². The van der Waals surface area contributed by atoms with E-state index in [1.54, 1.807) is 0 Å². The van der Waals surface area contributed by atoms with Crippen LogP contribution in [-0.2, 0) is 0 Å². The van der Waals surface area contributed by atoms with Crippen LogP contribution in [0.5, 0.6) is 0 Å². The number of halogens is 3. The molecule has 20 heavy (non-hydrogen) atoms. The third-order valence-corrected chi connectivity index (χ3v) is 4.47. The molecule has 0 aliphatic carbocycles. The van der Waals surface area contributed by atoms with E-state index in [-0.39, 0.29) is 11.9 Å². The highest BCUT2D eigenvalue weighted by molar-refractivity contribution is 6.42. The van der Waals surface area contributed by atoms with Gasteiger partial charge in [0.2, 0.25) is 0 Å². The van der Waals surface area contributed by atoms with E-state index in [0.29, 0.717) is 15.6 Å². The van der Waals surface area contributed by atoms with Crippen LogP contribution in [0.3, 0.4) is 0 Å². The Morgan fingerprint density at radius 2 is 2.05 bits per heavy atom. The zero-order valence-corrected chi connectivity index (χ0v) is 12.9. The van der Waals surface area contributed by atoms with Crippen LogP contribution < -0.4 is 5.32 Å². The summed E-state index contributed by atoms with van der Waals surface area (Å²) >= 11 is 12.3. The van der Waals surface area contributed by atoms with Crippen LogP contribution in [0, 0.1) is 5.82 Å². The molecule has 1 N–H and O–H groups in total. The van der Waals surface area contributed by atoms with E-state index >= 15 is 0 Å². The van der Waals surface area contributed by atoms with Crippen molar-refractivity contribution in [3.8, 4) is 0 Å². The zero-order valence-electron chi connectivity index (χ0n) is 11.3. The summed E-state index contributed by atoms with van der Waals surface area (Å²) in [5.41, 5.74) is 0.517. The summed E-state index contributed by atoms with van der Waals surface area (Å²) in [6.07, 6.45) is 3.46. The smallest absolute Gasteiger partial charge is 0.129 e. The van der Waals surface area contributed by atoms with Gasteiger partial charge in [0, 0.05) is 37.8 Å². The molecule has 1 fully saturated rings. The van der Waals surface area contributed by atoms with E-state index < -0.39 is 0 Å². The minimum absolute atomic E-state index is 0.0544. The predicted molar refractivity (Wildman–Crippen MR) is 83.0 cm³/mol. The first kappa shape index (κ1) is 15.8. The van der Waals surface area contributed by atoms with Crippen molar-refractivity contribution < 1.29 is 4.39 Å². The lowest BCUT2D eigenvalue weighted by molar-refractivity contribution is 0.163. The molecule has 1 saturated heterocycles. The number of piperazine rings is 1. The van der Waals surface area contributed by atoms with E-state index in [1.165, 1.54) is 12.1 Å². The molecule has 2 nitrogen and oxygen atoms in total. The van der Waals surface area contributed by atoms with Gasteiger partial charge in [-0.05, 0) is 25.0 Å². The summed E-state index contributed by atoms with van der Waals surface area (Å²) in [5.74, 6) is -0.285. The summed E-state index contributed by atoms with van der Waals surface area (Å²) in [4.78, 5) is 2.26. The molecule has 0 amide bonds. The first-order valence-corrected chi connectivity index (χ1v) is 7.59. The maximum absolute atomic E-state index is 14.3. The molecule has 1 aromatic carbocycles. The topological polar surface area (TPSA) is 15.3 Å². The van der Waals surface area contributed by atoms with Crippen LogP contribution in [0.25, 0.3) is 0 Å². The Morgan fingerprint density at radius 1 is 1.35 bits per heavy atom. The first-order valence-electron chi connectivity index (χ1n) is 6.84. The fourth-order valence-corrected chi connectivity index (χ4v) is 3.07. The molecule has 0 saturated carbocycles. The van der Waals surface area contributed by atoms with Crippen LogP contribution in [-0.4, -0.2) is 31.1 Å². The van der Waals surface area contributed by atoms with Gasteiger partial charge in [-0.25, -0.2) is 4.39 Å². The van der Waals surface area contributed by atoms with E-state index in [9.17, 15) is 4.39 Å². The third-order valence-electron chi connectivity index (χ3n) is 3.65. The van der Waals surface area contributed by atoms with Gasteiger partial charge in [0.05, 0.1) is 10.0 Å². The van der Waals surface area contributed by atoms with Gasteiger partial charge in [-0.1, -0.05) is 29.3 Å². The molecule has 1 heterocycles. The molecular formula is C15H19Cl2FN2. The molecule has 1 atom stereocenters. The molecule has 5 heteroatoms. The number of hydrogen-bond acceptors (Lipinski definition) is 2. The van der Waals surface area contributed by atoms with Gasteiger partial charge < -0.3 is 5.32 Å². The molecule has 110 valence electrons. The lowest BCUT2D eigenvalue weighted by Crippen LogP contribution is -2.45. The molecule has 0 radical (unpaired) electrons. The molecular weight excluding hydrogens is 298 g/mol. The number of rotatable bonds is 5. The average Bonchev–Trinajstić information content (AvgIpc) is 2.47. The molecule has 1 aliphatic rings. The lowest BCUT2D eigenvalue weighted by Gasteiger charge is -2.35. The summed E-state index contributed by atoms with van der Waals surface area (Å²) in [5, 5.41) is 4.04. The minimum Gasteiger partial charge on any atom is -0.314 e. The second-order valence-corrected chi connectivity index (χ2v) is 5.71. The normalized spacial score (nSPS) is 17.9. The van der Waals surface area contributed by atoms with Crippen molar-refractivity contribution in [1.29, 1.82) is 0 Å². The van der Waals surface area contributed by atoms with E-state index in [0.717, 1.165) is 39.0 Å². The molecule has 0 spiro atoms. The van der Waals surface area contributed by atoms with Gasteiger partial charge in [-0.3, -0.25) is 4.90 Å². The number of allylic oxidation sites excluding steroid dienone is 1. The van der Waals surface area contributed by atoms with Crippen molar-refractivity contribution in [2.45, 2.75) is 18.9 Å². The Kier molecular flexibility index (Phi) is 5.85. The second-order valence-electron chi connectivity index (χ2n) is 4.92. The summed E-state index contributed by atoms with van der Waals surface area (Å²) in [6, 6.07) is 2.85. The predicted octanol–water partition coefficient (Wildman–Crippen LogP) is 4.05. The monoisotopic (exact) mass is 316 g/mol. The van der Waals surface area contributed by atoms with Crippen LogP contribution in [0.1, 0.15) is 24.4 Å². The standard InChI is InChI=1S/C15H19Cl2FN2/c1-2-3-4-13(20-9-7-19-8-10-20)14-12(18)6-5-11(16)15(14)17/h2,5-6,13,19H,1,3-4,7-10H2/t13-/m1/s1. The lowest BCUT2D eigenvalue weighted by atomic mass is 9.98. The maximum Gasteiger partial charge on any atom is 0.129 e. The molecule has 0 bridgehead atoms. The Hall–Kier alpha value is -0.610. The fourth-order valence-electron chi connectivity index (χ4n) is 2.63. The zero-order chi connectivity index (χ0) is 14.5. The second kappa shape index (κ2) is 7.41. The van der Waals surface area contributed by atoms with Gasteiger partial charge in [0.1, 0.15) is 5.82 Å². The number of benzene rings is 1. The van der Waals surface area contributed by atoms with E-state index in [4.69, 9.17) is 23.2 Å². The van der Waals surface area contributed by atoms with Crippen molar-refractivity contribution in [3.63, 3.8) is 0 Å². The van der Waals surface area contributed by atoms with Crippen LogP contribution in [0.15, 0.2) is 24.8 Å². The van der Waals surface area contributed by atoms with E-state index in [2.05, 4.69) is 16.8 Å². The van der Waals surface area contributed by atoms with Crippen molar-refractivity contribution in [3.05, 3.63) is 46.2 Å². The quantitative estimate of drug-likeness (QED) is 0.651. The van der Waals surface area contributed by atoms with Gasteiger partial charge in [0.15, 0.2) is 0 Å². The van der Waals surface area contributed by atoms with Crippen molar-refractivity contribution in [1.82, 2.24) is 10.2 Å². The molecule has 1 aromatic rings. The maximum atomic E-state index is 14.3. The Bertz CT molecular complexity index is 473. The Balaban J connectivity index is 2.34. The SMILES string of the molecule is C=CCC[C@H](c1c(F)ccc(Cl)c1Cl)N1CCNCC1. The third kappa shape index (κ3) is 3.53. The van der Waals surface area contributed by atoms with Crippen LogP contribution >= 0.6 is 23.2 Å². The van der Waals surface area contributed by atoms with Crippen LogP contribution in [0.4, 0.5) is 4.39 Å². The minimum atomic E-state index is -0.285. The highest BCUT2D eigenvalue weighted by atomic mass is 35.5. The summed E-state index contributed by atoms with van der Waals surface area (Å²) in [7, 11) is 0. The number of hydrogen-bond donors (Lipinski definition) is 1. The first-order chi connectivity index (χ1) is 9.65. The largest absolute Gasteiger partial charge is 0.314 e. The van der Waals surface area contributed by atoms with E-state index in [1.807, 2.05) is 6.08 Å². The molecule has 0 unspecified atom stereocenters. The number of nitrogens with one attached hydrogen (secondary N) is 1. The van der Waals surface area contributed by atoms with Crippen molar-refractivity contribution >= 4 is 23.2 Å². The van der Waals surface area contributed by atoms with Gasteiger partial charge >= 0.3 is 0 Å². The Labute approximate surface area is 129 Å². The van der Waals surface area contributed by atoms with Gasteiger partial charge in [0.25, 0.3) is 0 Å². The molecule has 0 aromatic heterocycles.